The predicted octanol–water partition coefficient (Wildman–Crippen LogP) is 2.68. The Bertz CT molecular complexity index is 352. The molecule has 1 aliphatic carbocycles. The summed E-state index contributed by atoms with van der Waals surface area (Å²) in [6.07, 6.45) is 7.34. The third kappa shape index (κ3) is 4.29. The molecule has 1 aromatic rings. The molecule has 1 aromatic heterocycles. The van der Waals surface area contributed by atoms with E-state index in [0.717, 1.165) is 25.0 Å². The zero-order valence-electron chi connectivity index (χ0n) is 12.3. The predicted molar refractivity (Wildman–Crippen MR) is 80.0 cm³/mol. The Hall–Kier alpha value is -0.930. The molecule has 3 nitrogen and oxygen atoms in total. The molecule has 19 heavy (non-hydrogen) atoms. The summed E-state index contributed by atoms with van der Waals surface area (Å²) < 4.78 is 0. The molecule has 0 aromatic carbocycles. The zero-order chi connectivity index (χ0) is 13.5. The van der Waals surface area contributed by atoms with E-state index in [4.69, 9.17) is 0 Å². The van der Waals surface area contributed by atoms with Crippen molar-refractivity contribution >= 4 is 0 Å². The van der Waals surface area contributed by atoms with Crippen molar-refractivity contribution in [1.82, 2.24) is 15.2 Å². The molecule has 1 fully saturated rings. The van der Waals surface area contributed by atoms with Crippen LogP contribution in [0, 0.1) is 5.92 Å². The van der Waals surface area contributed by atoms with Gasteiger partial charge in [0, 0.05) is 18.8 Å². The molecular weight excluding hydrogens is 234 g/mol. The van der Waals surface area contributed by atoms with Gasteiger partial charge in [-0.1, -0.05) is 19.4 Å². The Morgan fingerprint density at radius 3 is 2.95 bits per heavy atom. The van der Waals surface area contributed by atoms with E-state index in [0.29, 0.717) is 0 Å². The fourth-order valence-corrected chi connectivity index (χ4v) is 3.18. The van der Waals surface area contributed by atoms with Crippen molar-refractivity contribution in [2.75, 3.05) is 20.1 Å². The molecule has 3 heteroatoms. The van der Waals surface area contributed by atoms with Crippen LogP contribution >= 0.6 is 0 Å². The van der Waals surface area contributed by atoms with Crippen LogP contribution in [0.1, 0.15) is 38.3 Å². The number of hydrogen-bond acceptors (Lipinski definition) is 3. The van der Waals surface area contributed by atoms with Gasteiger partial charge in [0.05, 0.1) is 5.69 Å². The van der Waals surface area contributed by atoms with Crippen LogP contribution in [0.15, 0.2) is 24.4 Å². The maximum absolute atomic E-state index is 4.42. The lowest BCUT2D eigenvalue weighted by Gasteiger charge is -2.24. The molecule has 0 amide bonds. The summed E-state index contributed by atoms with van der Waals surface area (Å²) in [6.45, 7) is 5.52. The van der Waals surface area contributed by atoms with E-state index in [1.54, 1.807) is 0 Å². The summed E-state index contributed by atoms with van der Waals surface area (Å²) >= 11 is 0. The van der Waals surface area contributed by atoms with Gasteiger partial charge < -0.3 is 5.32 Å². The van der Waals surface area contributed by atoms with Crippen LogP contribution < -0.4 is 5.32 Å². The van der Waals surface area contributed by atoms with Crippen molar-refractivity contribution in [3.8, 4) is 0 Å². The lowest BCUT2D eigenvalue weighted by Crippen LogP contribution is -2.32. The van der Waals surface area contributed by atoms with E-state index in [9.17, 15) is 0 Å². The number of rotatable bonds is 7. The molecule has 1 N–H and O–H groups in total. The van der Waals surface area contributed by atoms with Crippen LogP contribution in [-0.2, 0) is 6.54 Å². The van der Waals surface area contributed by atoms with E-state index < -0.39 is 0 Å². The van der Waals surface area contributed by atoms with E-state index in [-0.39, 0.29) is 0 Å². The van der Waals surface area contributed by atoms with E-state index in [1.807, 2.05) is 12.3 Å². The van der Waals surface area contributed by atoms with Crippen molar-refractivity contribution in [3.63, 3.8) is 0 Å². The molecule has 0 spiro atoms. The van der Waals surface area contributed by atoms with Crippen molar-refractivity contribution < 1.29 is 0 Å². The first-order valence-electron chi connectivity index (χ1n) is 7.63. The zero-order valence-corrected chi connectivity index (χ0v) is 12.3. The Labute approximate surface area is 117 Å². The van der Waals surface area contributed by atoms with Crippen molar-refractivity contribution in [2.24, 2.45) is 5.92 Å². The summed E-state index contributed by atoms with van der Waals surface area (Å²) in [6, 6.07) is 6.92. The Balaban J connectivity index is 1.79. The van der Waals surface area contributed by atoms with Gasteiger partial charge in [0.2, 0.25) is 0 Å². The van der Waals surface area contributed by atoms with Crippen LogP contribution in [0.25, 0.3) is 0 Å². The van der Waals surface area contributed by atoms with Gasteiger partial charge >= 0.3 is 0 Å². The molecule has 2 unspecified atom stereocenters. The first-order valence-corrected chi connectivity index (χ1v) is 7.63. The molecule has 1 saturated carbocycles. The second-order valence-corrected chi connectivity index (χ2v) is 5.56. The second kappa shape index (κ2) is 7.61. The second-order valence-electron chi connectivity index (χ2n) is 5.56. The molecule has 106 valence electrons. The van der Waals surface area contributed by atoms with Gasteiger partial charge in [-0.25, -0.2) is 0 Å². The van der Waals surface area contributed by atoms with Crippen molar-refractivity contribution in [2.45, 2.75) is 45.2 Å². The summed E-state index contributed by atoms with van der Waals surface area (Å²) in [5.41, 5.74) is 1.18. The minimum absolute atomic E-state index is 0.744. The van der Waals surface area contributed by atoms with E-state index in [1.165, 1.54) is 37.9 Å². The van der Waals surface area contributed by atoms with Gasteiger partial charge in [-0.2, -0.15) is 0 Å². The average molecular weight is 261 g/mol. The van der Waals surface area contributed by atoms with Gasteiger partial charge in [0.25, 0.3) is 0 Å². The van der Waals surface area contributed by atoms with Crippen molar-refractivity contribution in [1.29, 1.82) is 0 Å². The maximum atomic E-state index is 4.42. The topological polar surface area (TPSA) is 28.2 Å². The standard InChI is InChI=1S/C16H27N3/c1-3-19(13-15-8-4-5-11-18-15)12-10-14-7-6-9-16(14)17-2/h4-5,8,11,14,16-17H,3,6-7,9-10,12-13H2,1-2H3. The van der Waals surface area contributed by atoms with Gasteiger partial charge in [-0.3, -0.25) is 9.88 Å². The number of aromatic nitrogens is 1. The summed E-state index contributed by atoms with van der Waals surface area (Å²) in [5.74, 6) is 0.864. The Kier molecular flexibility index (Phi) is 5.80. The maximum Gasteiger partial charge on any atom is 0.0543 e. The third-order valence-electron chi connectivity index (χ3n) is 4.40. The monoisotopic (exact) mass is 261 g/mol. The quantitative estimate of drug-likeness (QED) is 0.818. The normalized spacial score (nSPS) is 23.1. The van der Waals surface area contributed by atoms with Crippen molar-refractivity contribution in [3.05, 3.63) is 30.1 Å². The lowest BCUT2D eigenvalue weighted by atomic mass is 9.99. The smallest absolute Gasteiger partial charge is 0.0543 e. The number of pyridine rings is 1. The summed E-state index contributed by atoms with van der Waals surface area (Å²) in [5, 5.41) is 3.47. The minimum Gasteiger partial charge on any atom is -0.317 e. The lowest BCUT2D eigenvalue weighted by molar-refractivity contribution is 0.243. The molecule has 0 bridgehead atoms. The highest BCUT2D eigenvalue weighted by Gasteiger charge is 2.25. The molecule has 0 saturated heterocycles. The van der Waals surface area contributed by atoms with Crippen LogP contribution in [0.3, 0.4) is 0 Å². The first kappa shape index (κ1) is 14.5. The Morgan fingerprint density at radius 1 is 1.37 bits per heavy atom. The Morgan fingerprint density at radius 2 is 2.26 bits per heavy atom. The summed E-state index contributed by atoms with van der Waals surface area (Å²) in [7, 11) is 2.11. The van der Waals surface area contributed by atoms with Gasteiger partial charge in [0.1, 0.15) is 0 Å². The molecule has 2 rings (SSSR count). The van der Waals surface area contributed by atoms with Gasteiger partial charge in [-0.05, 0) is 57.5 Å². The van der Waals surface area contributed by atoms with Crippen LogP contribution in [0.5, 0.6) is 0 Å². The summed E-state index contributed by atoms with van der Waals surface area (Å²) in [4.78, 5) is 6.93. The fourth-order valence-electron chi connectivity index (χ4n) is 3.18. The van der Waals surface area contributed by atoms with E-state index in [2.05, 4.69) is 41.3 Å². The number of nitrogens with one attached hydrogen (secondary N) is 1. The van der Waals surface area contributed by atoms with Gasteiger partial charge in [0.15, 0.2) is 0 Å². The highest BCUT2D eigenvalue weighted by atomic mass is 15.1. The van der Waals surface area contributed by atoms with E-state index >= 15 is 0 Å². The molecule has 2 atom stereocenters. The molecule has 0 radical (unpaired) electrons. The highest BCUT2D eigenvalue weighted by Crippen LogP contribution is 2.28. The number of nitrogens with zero attached hydrogens (tertiary/aromatic N) is 2. The van der Waals surface area contributed by atoms with Crippen LogP contribution in [0.2, 0.25) is 0 Å². The minimum atomic E-state index is 0.744. The highest BCUT2D eigenvalue weighted by molar-refractivity contribution is 5.03. The largest absolute Gasteiger partial charge is 0.317 e. The average Bonchev–Trinajstić information content (AvgIpc) is 2.92. The molecule has 1 aliphatic rings. The van der Waals surface area contributed by atoms with Crippen LogP contribution in [-0.4, -0.2) is 36.1 Å². The molecule has 0 aliphatic heterocycles. The fraction of sp³-hybridized carbons (Fsp3) is 0.688. The van der Waals surface area contributed by atoms with Gasteiger partial charge in [-0.15, -0.1) is 0 Å². The number of hydrogen-bond donors (Lipinski definition) is 1. The molecule has 1 heterocycles. The van der Waals surface area contributed by atoms with Crippen LogP contribution in [0.4, 0.5) is 0 Å². The SMILES string of the molecule is CCN(CCC1CCCC1NC)Cc1ccccn1. The third-order valence-corrected chi connectivity index (χ3v) is 4.40. The molecular formula is C16H27N3. The first-order chi connectivity index (χ1) is 9.33.